The van der Waals surface area contributed by atoms with Crippen LogP contribution in [-0.2, 0) is 55.8 Å². The number of carbonyl (C=O) groups is 3. The van der Waals surface area contributed by atoms with Crippen LogP contribution >= 0.6 is 15.6 Å². The Balaban J connectivity index is 4.55. The zero-order valence-corrected chi connectivity index (χ0v) is 68.4. The number of aliphatic hydroxyl groups is 2. The normalized spacial score (nSPS) is 14.5. The molecule has 16 nitrogen and oxygen atoms in total. The Morgan fingerprint density at radius 3 is 0.781 bits per heavy atom. The quantitative estimate of drug-likeness (QED) is 0.0146. The Morgan fingerprint density at radius 2 is 0.476 bits per heavy atom. The van der Waals surface area contributed by atoms with Crippen molar-refractivity contribution in [2.75, 3.05) is 39.6 Å². The summed E-state index contributed by atoms with van der Waals surface area (Å²) in [6.45, 7) is 2.65. The number of aliphatic hydroxyl groups excluding tert-OH is 2. The Morgan fingerprint density at radius 1 is 0.267 bits per heavy atom. The largest absolute Gasteiger partial charge is 0.472 e. The van der Waals surface area contributed by atoms with E-state index in [2.05, 4.69) is 130 Å². The lowest BCUT2D eigenvalue weighted by atomic mass is 10.0. The van der Waals surface area contributed by atoms with E-state index in [1.807, 2.05) is 0 Å². The van der Waals surface area contributed by atoms with E-state index in [4.69, 9.17) is 32.3 Å². The van der Waals surface area contributed by atoms with Gasteiger partial charge in [0, 0.05) is 19.3 Å². The standard InChI is InChI=1S/C87H154O16P2/c1-4-7-10-13-16-19-22-25-28-30-32-34-36-38-40-42-44-46-48-50-53-55-58-61-64-67-70-73-85(90)97-76-82(88)77-99-104(93,94)100-78-83(89)79-101-105(95,96)102-81-84(103-87(92)75-72-69-66-63-60-57-52-27-24-21-18-15-12-9-6-3)80-98-86(91)74-71-68-65-62-59-56-54-51-49-47-45-43-41-39-37-35-33-31-29-26-23-20-17-14-11-8-5-2/h16-17,19-20,25-29,32-35,38-41,52,82-84,88-89H,4-15,18,21-24,30-31,36-37,42-51,53-81H2,1-3H3,(H,93,94)(H,95,96)/b19-16-,20-17-,28-25-,29-26-,34-32-,35-33-,40-38-,41-39-,52-27-. The Kier molecular flexibility index (Phi) is 76.9. The van der Waals surface area contributed by atoms with E-state index in [9.17, 15) is 43.5 Å². The maximum absolute atomic E-state index is 13.0. The Labute approximate surface area is 640 Å². The molecule has 4 N–H and O–H groups in total. The Hall–Kier alpha value is -3.79. The van der Waals surface area contributed by atoms with Gasteiger partial charge in [0.2, 0.25) is 0 Å². The maximum Gasteiger partial charge on any atom is 0.472 e. The van der Waals surface area contributed by atoms with Crippen LogP contribution in [0.25, 0.3) is 0 Å². The summed E-state index contributed by atoms with van der Waals surface area (Å²) in [6.07, 6.45) is 94.1. The summed E-state index contributed by atoms with van der Waals surface area (Å²) < 4.78 is 61.3. The smallest absolute Gasteiger partial charge is 0.463 e. The summed E-state index contributed by atoms with van der Waals surface area (Å²) in [4.78, 5) is 58.8. The molecule has 5 atom stereocenters. The molecule has 0 saturated carbocycles. The van der Waals surface area contributed by atoms with Gasteiger partial charge in [-0.25, -0.2) is 9.13 Å². The first-order valence-corrected chi connectivity index (χ1v) is 45.2. The third kappa shape index (κ3) is 81.0. The van der Waals surface area contributed by atoms with Gasteiger partial charge < -0.3 is 34.2 Å². The Bertz CT molecular complexity index is 2340. The molecule has 5 unspecified atom stereocenters. The summed E-state index contributed by atoms with van der Waals surface area (Å²) >= 11 is 0. The van der Waals surface area contributed by atoms with Crippen molar-refractivity contribution in [3.05, 3.63) is 109 Å². The first-order valence-electron chi connectivity index (χ1n) is 42.2. The van der Waals surface area contributed by atoms with Crippen molar-refractivity contribution in [2.24, 2.45) is 0 Å². The van der Waals surface area contributed by atoms with Crippen molar-refractivity contribution < 1.29 is 75.8 Å². The molecule has 0 heterocycles. The molecule has 0 fully saturated rings. The molecule has 0 aliphatic heterocycles. The topological polar surface area (TPSA) is 231 Å². The van der Waals surface area contributed by atoms with Crippen molar-refractivity contribution in [1.29, 1.82) is 0 Å². The zero-order valence-electron chi connectivity index (χ0n) is 66.6. The third-order valence-electron chi connectivity index (χ3n) is 17.9. The molecule has 0 rings (SSSR count). The highest BCUT2D eigenvalue weighted by molar-refractivity contribution is 7.47. The highest BCUT2D eigenvalue weighted by atomic mass is 31.2. The van der Waals surface area contributed by atoms with E-state index in [1.165, 1.54) is 173 Å². The summed E-state index contributed by atoms with van der Waals surface area (Å²) in [5, 5.41) is 20.7. The average Bonchev–Trinajstić information content (AvgIpc) is 0.942. The minimum absolute atomic E-state index is 0.0944. The van der Waals surface area contributed by atoms with E-state index in [0.29, 0.717) is 19.3 Å². The number of hydrogen-bond donors (Lipinski definition) is 4. The van der Waals surface area contributed by atoms with Crippen LogP contribution in [-0.4, -0.2) is 95.9 Å². The monoisotopic (exact) mass is 1520 g/mol. The van der Waals surface area contributed by atoms with Crippen LogP contribution in [0.5, 0.6) is 0 Å². The van der Waals surface area contributed by atoms with E-state index >= 15 is 0 Å². The second-order valence-corrected chi connectivity index (χ2v) is 31.2. The zero-order chi connectivity index (χ0) is 76.6. The molecule has 0 aliphatic rings. The molecule has 18 heteroatoms. The second-order valence-electron chi connectivity index (χ2n) is 28.3. The van der Waals surface area contributed by atoms with Crippen molar-refractivity contribution in [3.63, 3.8) is 0 Å². The third-order valence-corrected chi connectivity index (χ3v) is 19.8. The molecule has 0 aliphatic carbocycles. The van der Waals surface area contributed by atoms with Gasteiger partial charge in [0.05, 0.1) is 26.4 Å². The van der Waals surface area contributed by atoms with Gasteiger partial charge in [-0.2, -0.15) is 0 Å². The number of esters is 3. The van der Waals surface area contributed by atoms with Gasteiger partial charge in [0.1, 0.15) is 25.4 Å². The number of rotatable bonds is 80. The fourth-order valence-corrected chi connectivity index (χ4v) is 13.1. The SMILES string of the molecule is CCCCC/C=C\C/C=C\C/C=C\C/C=C\CCCCCCCCCCCCCC(=O)OCC(O)COP(=O)(O)OCC(O)COP(=O)(O)OCC(COC(=O)CCCCCCCCCCCCC/C=C\C/C=C\C/C=C\C/C=C\CCCCC)OC(=O)CCCCCCC/C=C\CCCCCCCC. The molecule has 0 spiro atoms. The van der Waals surface area contributed by atoms with Crippen molar-refractivity contribution in [1.82, 2.24) is 0 Å². The lowest BCUT2D eigenvalue weighted by Crippen LogP contribution is -2.30. The van der Waals surface area contributed by atoms with Gasteiger partial charge in [-0.05, 0) is 135 Å². The summed E-state index contributed by atoms with van der Waals surface area (Å²) in [5.74, 6) is -1.58. The molecule has 0 aromatic carbocycles. The van der Waals surface area contributed by atoms with E-state index in [0.717, 1.165) is 135 Å². The average molecular weight is 1520 g/mol. The van der Waals surface area contributed by atoms with Crippen LogP contribution in [0.15, 0.2) is 109 Å². The fourth-order valence-electron chi connectivity index (χ4n) is 11.5. The molecule has 0 bridgehead atoms. The predicted octanol–water partition coefficient (Wildman–Crippen LogP) is 25.1. The molecule has 608 valence electrons. The van der Waals surface area contributed by atoms with Crippen molar-refractivity contribution in [3.8, 4) is 0 Å². The first kappa shape index (κ1) is 101. The molecular formula is C87H154O16P2. The number of phosphoric ester groups is 2. The van der Waals surface area contributed by atoms with Gasteiger partial charge in [0.15, 0.2) is 6.10 Å². The lowest BCUT2D eigenvalue weighted by molar-refractivity contribution is -0.161. The first-order chi connectivity index (χ1) is 51.2. The maximum atomic E-state index is 13.0. The molecule has 0 aromatic heterocycles. The van der Waals surface area contributed by atoms with Crippen molar-refractivity contribution in [2.45, 2.75) is 386 Å². The van der Waals surface area contributed by atoms with Crippen LogP contribution in [0.2, 0.25) is 0 Å². The number of allylic oxidation sites excluding steroid dienone is 18. The van der Waals surface area contributed by atoms with E-state index < -0.39 is 91.5 Å². The van der Waals surface area contributed by atoms with Crippen LogP contribution in [0.3, 0.4) is 0 Å². The van der Waals surface area contributed by atoms with Crippen LogP contribution in [0, 0.1) is 0 Å². The molecule has 0 radical (unpaired) electrons. The molecular weight excluding hydrogens is 1360 g/mol. The number of ether oxygens (including phenoxy) is 3. The minimum atomic E-state index is -4.93. The number of carbonyl (C=O) groups excluding carboxylic acids is 3. The van der Waals surface area contributed by atoms with E-state index in [-0.39, 0.29) is 19.3 Å². The van der Waals surface area contributed by atoms with Gasteiger partial charge in [-0.1, -0.05) is 323 Å². The van der Waals surface area contributed by atoms with Gasteiger partial charge in [-0.3, -0.25) is 32.5 Å². The summed E-state index contributed by atoms with van der Waals surface area (Å²) in [6, 6.07) is 0. The van der Waals surface area contributed by atoms with E-state index in [1.54, 1.807) is 0 Å². The highest BCUT2D eigenvalue weighted by Gasteiger charge is 2.29. The van der Waals surface area contributed by atoms with Crippen LogP contribution in [0.4, 0.5) is 0 Å². The number of unbranched alkanes of at least 4 members (excludes halogenated alkanes) is 39. The number of hydrogen-bond acceptors (Lipinski definition) is 14. The van der Waals surface area contributed by atoms with Gasteiger partial charge in [-0.15, -0.1) is 0 Å². The predicted molar refractivity (Wildman–Crippen MR) is 436 cm³/mol. The molecule has 0 saturated heterocycles. The summed E-state index contributed by atoms with van der Waals surface area (Å²) in [7, 11) is -9.79. The molecule has 105 heavy (non-hydrogen) atoms. The van der Waals surface area contributed by atoms with Crippen LogP contribution in [0.1, 0.15) is 367 Å². The van der Waals surface area contributed by atoms with Crippen molar-refractivity contribution >= 4 is 33.6 Å². The lowest BCUT2D eigenvalue weighted by Gasteiger charge is -2.21. The van der Waals surface area contributed by atoms with Gasteiger partial charge in [0.25, 0.3) is 0 Å². The fraction of sp³-hybridized carbons (Fsp3) is 0.759. The molecule has 0 aromatic rings. The van der Waals surface area contributed by atoms with Gasteiger partial charge >= 0.3 is 33.6 Å². The summed E-state index contributed by atoms with van der Waals surface area (Å²) in [5.41, 5.74) is 0. The number of phosphoric acid groups is 2. The second kappa shape index (κ2) is 79.8. The minimum Gasteiger partial charge on any atom is -0.463 e. The van der Waals surface area contributed by atoms with Crippen LogP contribution < -0.4 is 0 Å². The molecule has 0 amide bonds. The highest BCUT2D eigenvalue weighted by Crippen LogP contribution is 2.45.